The molecule has 1 aliphatic heterocycles. The third kappa shape index (κ3) is 4.70. The van der Waals surface area contributed by atoms with Crippen molar-refractivity contribution in [1.29, 1.82) is 0 Å². The van der Waals surface area contributed by atoms with Crippen molar-refractivity contribution in [3.63, 3.8) is 0 Å². The summed E-state index contributed by atoms with van der Waals surface area (Å²) >= 11 is 2.01. The number of benzene rings is 7. The molecule has 2 heteroatoms. The van der Waals surface area contributed by atoms with Crippen LogP contribution in [0, 0.1) is 0 Å². The van der Waals surface area contributed by atoms with Crippen molar-refractivity contribution in [2.75, 3.05) is 4.90 Å². The molecule has 0 amide bonds. The zero-order valence-corrected chi connectivity index (χ0v) is 29.6. The topological polar surface area (TPSA) is 3.24 Å². The van der Waals surface area contributed by atoms with Crippen LogP contribution in [0.3, 0.4) is 0 Å². The second-order valence-corrected chi connectivity index (χ2v) is 15.6. The molecule has 2 atom stereocenters. The van der Waals surface area contributed by atoms with E-state index in [2.05, 4.69) is 195 Å². The van der Waals surface area contributed by atoms with Crippen molar-refractivity contribution in [1.82, 2.24) is 0 Å². The first-order valence-electron chi connectivity index (χ1n) is 17.9. The van der Waals surface area contributed by atoms with Gasteiger partial charge in [-0.25, -0.2) is 0 Å². The molecule has 0 aromatic heterocycles. The van der Waals surface area contributed by atoms with Crippen LogP contribution in [0.15, 0.2) is 181 Å². The smallest absolute Gasteiger partial charge is 0.0546 e. The summed E-state index contributed by atoms with van der Waals surface area (Å²) in [6, 6.07) is 56.4. The Kier molecular flexibility index (Phi) is 6.98. The molecule has 7 aromatic rings. The van der Waals surface area contributed by atoms with E-state index in [1.165, 1.54) is 77.1 Å². The summed E-state index contributed by atoms with van der Waals surface area (Å²) in [4.78, 5) is 3.93. The van der Waals surface area contributed by atoms with Gasteiger partial charge in [-0.15, -0.1) is 11.8 Å². The highest BCUT2D eigenvalue weighted by molar-refractivity contribution is 8.00. The van der Waals surface area contributed by atoms with Crippen LogP contribution in [0.1, 0.15) is 36.5 Å². The monoisotopic (exact) mass is 671 g/mol. The third-order valence-electron chi connectivity index (χ3n) is 11.2. The van der Waals surface area contributed by atoms with E-state index in [-0.39, 0.29) is 5.41 Å². The Bertz CT molecular complexity index is 2560. The number of hydrogen-bond donors (Lipinski definition) is 0. The van der Waals surface area contributed by atoms with Gasteiger partial charge in [0.25, 0.3) is 0 Å². The van der Waals surface area contributed by atoms with Gasteiger partial charge in [0.1, 0.15) is 0 Å². The van der Waals surface area contributed by atoms with Crippen LogP contribution in [-0.4, -0.2) is 5.25 Å². The maximum absolute atomic E-state index is 2.54. The molecule has 3 aliphatic rings. The highest BCUT2D eigenvalue weighted by atomic mass is 32.2. The van der Waals surface area contributed by atoms with Gasteiger partial charge in [-0.1, -0.05) is 166 Å². The minimum Gasteiger partial charge on any atom is -0.309 e. The number of rotatable bonds is 5. The quantitative estimate of drug-likeness (QED) is 0.179. The first-order chi connectivity index (χ1) is 25.1. The van der Waals surface area contributed by atoms with Crippen LogP contribution in [0.4, 0.5) is 17.1 Å². The number of anilines is 3. The zero-order chi connectivity index (χ0) is 34.1. The number of hydrogen-bond acceptors (Lipinski definition) is 2. The maximum atomic E-state index is 2.54. The average molecular weight is 672 g/mol. The number of allylic oxidation sites excluding steroid dienone is 3. The zero-order valence-electron chi connectivity index (χ0n) is 28.8. The normalized spacial score (nSPS) is 17.5. The van der Waals surface area contributed by atoms with Crippen molar-refractivity contribution in [3.05, 3.63) is 193 Å². The molecule has 0 bridgehead atoms. The van der Waals surface area contributed by atoms with Crippen LogP contribution in [0.5, 0.6) is 0 Å². The first kappa shape index (κ1) is 30.3. The van der Waals surface area contributed by atoms with Crippen LogP contribution in [-0.2, 0) is 5.41 Å². The molecule has 10 rings (SSSR count). The highest BCUT2D eigenvalue weighted by Gasteiger charge is 2.37. The largest absolute Gasteiger partial charge is 0.309 e. The third-order valence-corrected chi connectivity index (χ3v) is 12.6. The fraction of sp³-hybridized carbons (Fsp3) is 0.102. The molecule has 0 saturated carbocycles. The Hall–Kier alpha value is -5.57. The minimum atomic E-state index is -0.118. The maximum Gasteiger partial charge on any atom is 0.0546 e. The Labute approximate surface area is 304 Å². The van der Waals surface area contributed by atoms with Crippen molar-refractivity contribution in [2.45, 2.75) is 35.3 Å². The second-order valence-electron chi connectivity index (χ2n) is 14.4. The molecule has 1 nitrogen and oxygen atoms in total. The Balaban J connectivity index is 1.25. The van der Waals surface area contributed by atoms with Gasteiger partial charge >= 0.3 is 0 Å². The lowest BCUT2D eigenvalue weighted by Crippen LogP contribution is -2.17. The van der Waals surface area contributed by atoms with Crippen LogP contribution in [0.25, 0.3) is 44.2 Å². The lowest BCUT2D eigenvalue weighted by atomic mass is 9.82. The Morgan fingerprint density at radius 3 is 2.18 bits per heavy atom. The van der Waals surface area contributed by atoms with E-state index in [9.17, 15) is 0 Å². The molecule has 0 saturated heterocycles. The van der Waals surface area contributed by atoms with E-state index in [0.29, 0.717) is 11.2 Å². The molecule has 0 fully saturated rings. The molecule has 2 aliphatic carbocycles. The van der Waals surface area contributed by atoms with Crippen molar-refractivity contribution >= 4 is 39.6 Å². The van der Waals surface area contributed by atoms with E-state index >= 15 is 0 Å². The van der Waals surface area contributed by atoms with Crippen molar-refractivity contribution in [2.24, 2.45) is 0 Å². The molecule has 7 aromatic carbocycles. The number of nitrogens with zero attached hydrogens (tertiary/aromatic N) is 1. The molecule has 0 N–H and O–H groups in total. The average Bonchev–Trinajstić information content (AvgIpc) is 3.67. The first-order valence-corrected chi connectivity index (χ1v) is 18.8. The van der Waals surface area contributed by atoms with Gasteiger partial charge in [0.15, 0.2) is 0 Å². The van der Waals surface area contributed by atoms with Crippen molar-refractivity contribution < 1.29 is 0 Å². The van der Waals surface area contributed by atoms with Gasteiger partial charge in [0.2, 0.25) is 0 Å². The molecule has 244 valence electrons. The van der Waals surface area contributed by atoms with E-state index in [1.807, 2.05) is 11.8 Å². The Morgan fingerprint density at radius 1 is 0.549 bits per heavy atom. The molecule has 51 heavy (non-hydrogen) atoms. The summed E-state index contributed by atoms with van der Waals surface area (Å²) < 4.78 is 0. The highest BCUT2D eigenvalue weighted by Crippen LogP contribution is 2.55. The lowest BCUT2D eigenvalue weighted by molar-refractivity contribution is 0.660. The summed E-state index contributed by atoms with van der Waals surface area (Å²) in [5.41, 5.74) is 15.2. The summed E-state index contributed by atoms with van der Waals surface area (Å²) in [5, 5.41) is 2.91. The number of para-hydroxylation sites is 1. The Morgan fingerprint density at radius 2 is 1.27 bits per heavy atom. The molecular formula is C49H37NS. The van der Waals surface area contributed by atoms with E-state index in [4.69, 9.17) is 0 Å². The van der Waals surface area contributed by atoms with Gasteiger partial charge in [0.05, 0.1) is 11.4 Å². The SMILES string of the molecule is CC1(C)c2ccccc2-c2ccc(N(c3ccccc3-c3cccc4c3SC3C=CC=CC43)c3ccc4ccccc4c3-c3ccccc3)cc21. The molecule has 1 heterocycles. The lowest BCUT2D eigenvalue weighted by Gasteiger charge is -2.32. The van der Waals surface area contributed by atoms with E-state index in [0.717, 1.165) is 5.69 Å². The summed E-state index contributed by atoms with van der Waals surface area (Å²) in [6.07, 6.45) is 9.14. The van der Waals surface area contributed by atoms with Gasteiger partial charge in [0, 0.05) is 38.3 Å². The van der Waals surface area contributed by atoms with Crippen LogP contribution in [0.2, 0.25) is 0 Å². The molecule has 0 spiro atoms. The fourth-order valence-electron chi connectivity index (χ4n) is 8.77. The fourth-order valence-corrected chi connectivity index (χ4v) is 10.2. The van der Waals surface area contributed by atoms with Gasteiger partial charge in [-0.2, -0.15) is 0 Å². The summed E-state index contributed by atoms with van der Waals surface area (Å²) in [7, 11) is 0. The minimum absolute atomic E-state index is 0.118. The van der Waals surface area contributed by atoms with E-state index in [1.54, 1.807) is 0 Å². The second kappa shape index (κ2) is 11.8. The molecule has 0 radical (unpaired) electrons. The van der Waals surface area contributed by atoms with Crippen LogP contribution >= 0.6 is 11.8 Å². The van der Waals surface area contributed by atoms with Gasteiger partial charge < -0.3 is 4.90 Å². The predicted octanol–water partition coefficient (Wildman–Crippen LogP) is 13.6. The molecular weight excluding hydrogens is 635 g/mol. The molecule has 2 unspecified atom stereocenters. The van der Waals surface area contributed by atoms with Crippen LogP contribution < -0.4 is 4.90 Å². The van der Waals surface area contributed by atoms with Gasteiger partial charge in [-0.3, -0.25) is 0 Å². The predicted molar refractivity (Wildman–Crippen MR) is 218 cm³/mol. The standard InChI is InChI=1S/C49H37NS/c1-49(2)42-24-11-8-19-36(42)37-29-28-34(31-43(37)49)50(45-30-27-32-15-6-7-18-35(32)47(45)33-16-4-3-5-17-33)44-25-12-9-20-38(44)40-22-14-23-41-39-21-10-13-26-46(39)51-48(40)41/h3-31,39,46H,1-2H3. The number of thioether (sulfide) groups is 1. The number of fused-ring (bicyclic) bond motifs is 7. The van der Waals surface area contributed by atoms with E-state index < -0.39 is 0 Å². The van der Waals surface area contributed by atoms with Crippen molar-refractivity contribution in [3.8, 4) is 33.4 Å². The van der Waals surface area contributed by atoms with Gasteiger partial charge in [-0.05, 0) is 74.0 Å². The summed E-state index contributed by atoms with van der Waals surface area (Å²) in [5.74, 6) is 0.406. The summed E-state index contributed by atoms with van der Waals surface area (Å²) in [6.45, 7) is 4.75.